The minimum absolute atomic E-state index is 0.261. The van der Waals surface area contributed by atoms with Gasteiger partial charge in [-0.3, -0.25) is 0 Å². The van der Waals surface area contributed by atoms with Crippen molar-refractivity contribution in [3.63, 3.8) is 0 Å². The van der Waals surface area contributed by atoms with Gasteiger partial charge in [0.2, 0.25) is 0 Å². The first kappa shape index (κ1) is 11.3. The number of halogens is 5. The van der Waals surface area contributed by atoms with E-state index in [1.54, 1.807) is 0 Å². The lowest BCUT2D eigenvalue weighted by Gasteiger charge is -2.10. The van der Waals surface area contributed by atoms with Crippen LogP contribution < -0.4 is 0 Å². The molecule has 1 nitrogen and oxygen atoms in total. The first-order chi connectivity index (χ1) is 6.36. The predicted octanol–water partition coefficient (Wildman–Crippen LogP) is 2.99. The molecule has 0 aliphatic rings. The van der Waals surface area contributed by atoms with Crippen LogP contribution in [0.4, 0.5) is 17.6 Å². The van der Waals surface area contributed by atoms with Crippen LogP contribution in [0.15, 0.2) is 12.1 Å². The highest BCUT2D eigenvalue weighted by Gasteiger charge is 2.35. The van der Waals surface area contributed by atoms with Gasteiger partial charge in [-0.2, -0.15) is 13.2 Å². The average Bonchev–Trinajstić information content (AvgIpc) is 2.06. The van der Waals surface area contributed by atoms with Crippen LogP contribution in [-0.4, -0.2) is 5.11 Å². The van der Waals surface area contributed by atoms with E-state index in [1.165, 1.54) is 0 Å². The molecule has 0 fully saturated rings. The lowest BCUT2D eigenvalue weighted by atomic mass is 10.1. The zero-order valence-corrected chi connectivity index (χ0v) is 7.45. The highest BCUT2D eigenvalue weighted by atomic mass is 35.5. The van der Waals surface area contributed by atoms with Gasteiger partial charge in [-0.25, -0.2) is 4.39 Å². The third-order valence-corrected chi connectivity index (χ3v) is 1.81. The second-order valence-electron chi connectivity index (χ2n) is 2.58. The number of rotatable bonds is 1. The molecule has 78 valence electrons. The highest BCUT2D eigenvalue weighted by Crippen LogP contribution is 2.34. The van der Waals surface area contributed by atoms with Crippen LogP contribution in [0.3, 0.4) is 0 Å². The van der Waals surface area contributed by atoms with Crippen LogP contribution in [0.25, 0.3) is 0 Å². The van der Waals surface area contributed by atoms with E-state index < -0.39 is 29.7 Å². The summed E-state index contributed by atoms with van der Waals surface area (Å²) < 4.78 is 49.5. The Kier molecular flexibility index (Phi) is 3.01. The fraction of sp³-hybridized carbons (Fsp3) is 0.250. The molecular weight excluding hydrogens is 224 g/mol. The molecule has 0 amide bonds. The van der Waals surface area contributed by atoms with Crippen molar-refractivity contribution in [2.24, 2.45) is 0 Å². The molecule has 0 saturated carbocycles. The molecule has 14 heavy (non-hydrogen) atoms. The maximum Gasteiger partial charge on any atom is 0.419 e. The van der Waals surface area contributed by atoms with E-state index in [1.807, 2.05) is 0 Å². The molecular formula is C8H5ClF4O. The molecule has 0 aromatic heterocycles. The first-order valence-electron chi connectivity index (χ1n) is 3.52. The zero-order valence-electron chi connectivity index (χ0n) is 6.70. The van der Waals surface area contributed by atoms with Crippen molar-refractivity contribution in [2.45, 2.75) is 12.8 Å². The van der Waals surface area contributed by atoms with Crippen molar-refractivity contribution < 1.29 is 22.7 Å². The van der Waals surface area contributed by atoms with Gasteiger partial charge in [0.25, 0.3) is 0 Å². The molecule has 0 bridgehead atoms. The van der Waals surface area contributed by atoms with Crippen molar-refractivity contribution in [1.29, 1.82) is 0 Å². The molecule has 0 atom stereocenters. The molecule has 1 rings (SSSR count). The van der Waals surface area contributed by atoms with Gasteiger partial charge in [-0.15, -0.1) is 0 Å². The quantitative estimate of drug-likeness (QED) is 0.733. The summed E-state index contributed by atoms with van der Waals surface area (Å²) in [5.74, 6) is -1.48. The second-order valence-corrected chi connectivity index (χ2v) is 3.02. The fourth-order valence-electron chi connectivity index (χ4n) is 0.967. The van der Waals surface area contributed by atoms with Gasteiger partial charge < -0.3 is 5.11 Å². The minimum atomic E-state index is -4.81. The topological polar surface area (TPSA) is 20.2 Å². The van der Waals surface area contributed by atoms with Gasteiger partial charge in [0.1, 0.15) is 5.82 Å². The summed E-state index contributed by atoms with van der Waals surface area (Å²) in [4.78, 5) is 0. The van der Waals surface area contributed by atoms with Crippen molar-refractivity contribution in [3.05, 3.63) is 34.1 Å². The van der Waals surface area contributed by atoms with Crippen LogP contribution in [0.1, 0.15) is 11.1 Å². The van der Waals surface area contributed by atoms with Gasteiger partial charge in [-0.1, -0.05) is 11.6 Å². The zero-order chi connectivity index (χ0) is 10.9. The maximum atomic E-state index is 13.0. The van der Waals surface area contributed by atoms with Gasteiger partial charge in [0.15, 0.2) is 0 Å². The smallest absolute Gasteiger partial charge is 0.392 e. The molecule has 1 aromatic carbocycles. The monoisotopic (exact) mass is 228 g/mol. The van der Waals surface area contributed by atoms with Crippen molar-refractivity contribution in [3.8, 4) is 0 Å². The minimum Gasteiger partial charge on any atom is -0.392 e. The summed E-state index contributed by atoms with van der Waals surface area (Å²) >= 11 is 5.33. The van der Waals surface area contributed by atoms with Crippen LogP contribution in [0, 0.1) is 5.82 Å². The van der Waals surface area contributed by atoms with Gasteiger partial charge in [0, 0.05) is 10.6 Å². The van der Waals surface area contributed by atoms with Crippen LogP contribution in [0.5, 0.6) is 0 Å². The van der Waals surface area contributed by atoms with E-state index in [4.69, 9.17) is 16.7 Å². The van der Waals surface area contributed by atoms with E-state index in [-0.39, 0.29) is 5.02 Å². The number of hydrogen-bond donors (Lipinski definition) is 1. The van der Waals surface area contributed by atoms with Crippen molar-refractivity contribution in [2.75, 3.05) is 0 Å². The molecule has 1 N–H and O–H groups in total. The van der Waals surface area contributed by atoms with Crippen LogP contribution in [0.2, 0.25) is 5.02 Å². The molecule has 0 radical (unpaired) electrons. The van der Waals surface area contributed by atoms with E-state index in [0.717, 1.165) is 6.07 Å². The Hall–Kier alpha value is -0.810. The summed E-state index contributed by atoms with van der Waals surface area (Å²) in [6.45, 7) is -0.824. The van der Waals surface area contributed by atoms with E-state index >= 15 is 0 Å². The average molecular weight is 229 g/mol. The Morgan fingerprint density at radius 3 is 2.29 bits per heavy atom. The second kappa shape index (κ2) is 3.74. The standard InChI is InChI=1S/C8H5ClF4O/c9-5-1-4(3-14)7(10)6(2-5)8(11,12)13/h1-2,14H,3H2. The van der Waals surface area contributed by atoms with Gasteiger partial charge >= 0.3 is 6.18 Å². The van der Waals surface area contributed by atoms with E-state index in [0.29, 0.717) is 6.07 Å². The third-order valence-electron chi connectivity index (χ3n) is 1.59. The lowest BCUT2D eigenvalue weighted by Crippen LogP contribution is -2.10. The largest absolute Gasteiger partial charge is 0.419 e. The molecule has 0 unspecified atom stereocenters. The summed E-state index contributed by atoms with van der Waals surface area (Å²) in [5.41, 5.74) is -1.93. The van der Waals surface area contributed by atoms with Crippen molar-refractivity contribution >= 4 is 11.6 Å². The molecule has 1 aromatic rings. The van der Waals surface area contributed by atoms with Gasteiger partial charge in [0.05, 0.1) is 12.2 Å². The number of alkyl halides is 3. The third kappa shape index (κ3) is 2.16. The number of hydrogen-bond acceptors (Lipinski definition) is 1. The molecule has 0 heterocycles. The SMILES string of the molecule is OCc1cc(Cl)cc(C(F)(F)F)c1F. The Bertz CT molecular complexity index is 348. The summed E-state index contributed by atoms with van der Waals surface area (Å²) in [5, 5.41) is 8.31. The Balaban J connectivity index is 3.37. The predicted molar refractivity (Wildman–Crippen MR) is 42.3 cm³/mol. The summed E-state index contributed by atoms with van der Waals surface area (Å²) in [6.07, 6.45) is -4.81. The molecule has 0 saturated heterocycles. The fourth-order valence-corrected chi connectivity index (χ4v) is 1.21. The van der Waals surface area contributed by atoms with E-state index in [9.17, 15) is 17.6 Å². The summed E-state index contributed by atoms with van der Waals surface area (Å²) in [6, 6.07) is 1.43. The molecule has 0 aliphatic carbocycles. The molecule has 0 spiro atoms. The Morgan fingerprint density at radius 2 is 1.86 bits per heavy atom. The summed E-state index contributed by atoms with van der Waals surface area (Å²) in [7, 11) is 0. The molecule has 6 heteroatoms. The Morgan fingerprint density at radius 1 is 1.29 bits per heavy atom. The number of benzene rings is 1. The number of aliphatic hydroxyl groups is 1. The first-order valence-corrected chi connectivity index (χ1v) is 3.90. The highest BCUT2D eigenvalue weighted by molar-refractivity contribution is 6.30. The Labute approximate surface area is 81.9 Å². The lowest BCUT2D eigenvalue weighted by molar-refractivity contribution is -0.140. The normalized spacial score (nSPS) is 11.9. The maximum absolute atomic E-state index is 13.0. The number of aliphatic hydroxyl groups excluding tert-OH is 1. The molecule has 0 aliphatic heterocycles. The van der Waals surface area contributed by atoms with Crippen molar-refractivity contribution in [1.82, 2.24) is 0 Å². The van der Waals surface area contributed by atoms with Crippen LogP contribution in [-0.2, 0) is 12.8 Å². The van der Waals surface area contributed by atoms with E-state index in [2.05, 4.69) is 0 Å². The van der Waals surface area contributed by atoms with Gasteiger partial charge in [-0.05, 0) is 12.1 Å². The van der Waals surface area contributed by atoms with Crippen LogP contribution >= 0.6 is 11.6 Å².